The maximum atomic E-state index is 13.3. The molecule has 2 N–H and O–H groups in total. The highest BCUT2D eigenvalue weighted by atomic mass is 19.1. The first-order chi connectivity index (χ1) is 8.47. The van der Waals surface area contributed by atoms with Crippen LogP contribution in [0.1, 0.15) is 28.9 Å². The summed E-state index contributed by atoms with van der Waals surface area (Å²) in [5.74, 6) is -1.17. The Morgan fingerprint density at radius 3 is 2.78 bits per heavy atom. The van der Waals surface area contributed by atoms with E-state index in [-0.39, 0.29) is 17.7 Å². The molecule has 0 fully saturated rings. The zero-order valence-corrected chi connectivity index (χ0v) is 9.62. The molecule has 6 nitrogen and oxygen atoms in total. The molecule has 2 unspecified atom stereocenters. The van der Waals surface area contributed by atoms with Crippen molar-refractivity contribution in [3.05, 3.63) is 45.6 Å². The molecule has 0 aromatic heterocycles. The van der Waals surface area contributed by atoms with Crippen molar-refractivity contribution in [2.75, 3.05) is 6.54 Å². The standard InChI is InChI=1S/C11H12FN3O3/c1-6(16)8-4-7(2-3-9(8)12)11(18)10(17)5-14-15-13/h2-4,10-11,17-18H,5H2,1H3. The van der Waals surface area contributed by atoms with Crippen LogP contribution >= 0.6 is 0 Å². The van der Waals surface area contributed by atoms with E-state index in [1.54, 1.807) is 0 Å². The molecule has 7 heteroatoms. The molecule has 96 valence electrons. The van der Waals surface area contributed by atoms with Crippen LogP contribution in [0.15, 0.2) is 23.3 Å². The van der Waals surface area contributed by atoms with Gasteiger partial charge in [0.2, 0.25) is 0 Å². The van der Waals surface area contributed by atoms with Crippen molar-refractivity contribution in [2.45, 2.75) is 19.1 Å². The summed E-state index contributed by atoms with van der Waals surface area (Å²) in [6, 6.07) is 3.46. The van der Waals surface area contributed by atoms with E-state index in [0.717, 1.165) is 6.07 Å². The molecule has 1 aromatic rings. The lowest BCUT2D eigenvalue weighted by atomic mass is 10.0. The van der Waals surface area contributed by atoms with Crippen molar-refractivity contribution >= 4 is 5.78 Å². The van der Waals surface area contributed by atoms with Gasteiger partial charge in [-0.3, -0.25) is 4.79 Å². The van der Waals surface area contributed by atoms with Gasteiger partial charge in [-0.1, -0.05) is 11.2 Å². The summed E-state index contributed by atoms with van der Waals surface area (Å²) < 4.78 is 13.3. The smallest absolute Gasteiger partial charge is 0.162 e. The number of aliphatic hydroxyl groups is 2. The molecule has 1 aromatic carbocycles. The quantitative estimate of drug-likeness (QED) is 0.361. The number of ketones is 1. The van der Waals surface area contributed by atoms with Gasteiger partial charge < -0.3 is 10.2 Å². The van der Waals surface area contributed by atoms with Gasteiger partial charge in [0, 0.05) is 4.91 Å². The minimum absolute atomic E-state index is 0.164. The van der Waals surface area contributed by atoms with Crippen molar-refractivity contribution in [1.82, 2.24) is 0 Å². The SMILES string of the molecule is CC(=O)c1cc(C(O)C(O)CN=[N+]=[N-])ccc1F. The third-order valence-corrected chi connectivity index (χ3v) is 2.41. The molecular formula is C11H12FN3O3. The van der Waals surface area contributed by atoms with Crippen molar-refractivity contribution in [3.8, 4) is 0 Å². The zero-order chi connectivity index (χ0) is 13.7. The van der Waals surface area contributed by atoms with Crippen LogP contribution in [0.5, 0.6) is 0 Å². The lowest BCUT2D eigenvalue weighted by Crippen LogP contribution is -2.21. The lowest BCUT2D eigenvalue weighted by Gasteiger charge is -2.16. The maximum Gasteiger partial charge on any atom is 0.162 e. The van der Waals surface area contributed by atoms with Gasteiger partial charge in [-0.2, -0.15) is 0 Å². The van der Waals surface area contributed by atoms with Crippen LogP contribution in [0.3, 0.4) is 0 Å². The summed E-state index contributed by atoms with van der Waals surface area (Å²) >= 11 is 0. The molecule has 1 rings (SSSR count). The van der Waals surface area contributed by atoms with E-state index < -0.39 is 23.8 Å². The van der Waals surface area contributed by atoms with E-state index in [1.165, 1.54) is 19.1 Å². The number of rotatable bonds is 5. The van der Waals surface area contributed by atoms with Gasteiger partial charge >= 0.3 is 0 Å². The van der Waals surface area contributed by atoms with Crippen molar-refractivity contribution in [3.63, 3.8) is 0 Å². The predicted molar refractivity (Wildman–Crippen MR) is 61.4 cm³/mol. The first-order valence-corrected chi connectivity index (χ1v) is 5.14. The highest BCUT2D eigenvalue weighted by Gasteiger charge is 2.19. The third kappa shape index (κ3) is 3.27. The molecule has 0 aliphatic heterocycles. The van der Waals surface area contributed by atoms with E-state index >= 15 is 0 Å². The van der Waals surface area contributed by atoms with Gasteiger partial charge in [-0.15, -0.1) is 0 Å². The second-order valence-corrected chi connectivity index (χ2v) is 3.72. The van der Waals surface area contributed by atoms with Gasteiger partial charge in [0.25, 0.3) is 0 Å². The van der Waals surface area contributed by atoms with E-state index in [4.69, 9.17) is 5.53 Å². The van der Waals surface area contributed by atoms with Crippen LogP contribution in [-0.2, 0) is 0 Å². The number of nitrogens with zero attached hydrogens (tertiary/aromatic N) is 3. The fourth-order valence-corrected chi connectivity index (χ4v) is 1.44. The average molecular weight is 253 g/mol. The van der Waals surface area contributed by atoms with Gasteiger partial charge in [-0.25, -0.2) is 4.39 Å². The summed E-state index contributed by atoms with van der Waals surface area (Å²) in [4.78, 5) is 13.6. The highest BCUT2D eigenvalue weighted by molar-refractivity contribution is 5.94. The second kappa shape index (κ2) is 6.11. The molecule has 0 radical (unpaired) electrons. The average Bonchev–Trinajstić information content (AvgIpc) is 2.35. The molecular weight excluding hydrogens is 241 g/mol. The first-order valence-electron chi connectivity index (χ1n) is 5.14. The number of halogens is 1. The molecule has 0 amide bonds. The Bertz CT molecular complexity index is 500. The minimum atomic E-state index is -1.35. The number of aliphatic hydroxyl groups excluding tert-OH is 2. The summed E-state index contributed by atoms with van der Waals surface area (Å²) in [6.07, 6.45) is -2.67. The molecule has 2 atom stereocenters. The Hall–Kier alpha value is -1.95. The predicted octanol–water partition coefficient (Wildman–Crippen LogP) is 1.73. The topological polar surface area (TPSA) is 106 Å². The number of Topliss-reactive ketones (excluding diaryl/α,β-unsaturated/α-hetero) is 1. The number of carbonyl (C=O) groups excluding carboxylic acids is 1. The lowest BCUT2D eigenvalue weighted by molar-refractivity contribution is 0.0243. The largest absolute Gasteiger partial charge is 0.390 e. The second-order valence-electron chi connectivity index (χ2n) is 3.72. The number of hydrogen-bond donors (Lipinski definition) is 2. The monoisotopic (exact) mass is 253 g/mol. The van der Waals surface area contributed by atoms with E-state index in [1.807, 2.05) is 0 Å². The summed E-state index contributed by atoms with van der Waals surface area (Å²) in [7, 11) is 0. The van der Waals surface area contributed by atoms with Crippen molar-refractivity contribution in [2.24, 2.45) is 5.11 Å². The fraction of sp³-hybridized carbons (Fsp3) is 0.364. The third-order valence-electron chi connectivity index (χ3n) is 2.41. The van der Waals surface area contributed by atoms with Crippen LogP contribution in [0, 0.1) is 5.82 Å². The molecule has 18 heavy (non-hydrogen) atoms. The van der Waals surface area contributed by atoms with Gasteiger partial charge in [-0.05, 0) is 30.2 Å². The molecule has 0 bridgehead atoms. The normalized spacial score (nSPS) is 13.6. The molecule has 0 spiro atoms. The maximum absolute atomic E-state index is 13.3. The van der Waals surface area contributed by atoms with Crippen LogP contribution in [0.4, 0.5) is 4.39 Å². The Morgan fingerprint density at radius 1 is 1.56 bits per heavy atom. The number of carbonyl (C=O) groups is 1. The number of hydrogen-bond acceptors (Lipinski definition) is 4. The van der Waals surface area contributed by atoms with Gasteiger partial charge in [0.1, 0.15) is 11.9 Å². The number of benzene rings is 1. The van der Waals surface area contributed by atoms with Crippen molar-refractivity contribution < 1.29 is 19.4 Å². The van der Waals surface area contributed by atoms with Crippen LogP contribution < -0.4 is 0 Å². The molecule has 0 aliphatic rings. The molecule has 0 saturated heterocycles. The fourth-order valence-electron chi connectivity index (χ4n) is 1.44. The van der Waals surface area contributed by atoms with Gasteiger partial charge in [0.05, 0.1) is 18.2 Å². The Labute approximate surface area is 102 Å². The van der Waals surface area contributed by atoms with Crippen LogP contribution in [-0.4, -0.2) is 28.6 Å². The first kappa shape index (κ1) is 14.1. The van der Waals surface area contributed by atoms with Crippen molar-refractivity contribution in [1.29, 1.82) is 0 Å². The minimum Gasteiger partial charge on any atom is -0.390 e. The van der Waals surface area contributed by atoms with E-state index in [9.17, 15) is 19.4 Å². The number of azide groups is 1. The molecule has 0 heterocycles. The van der Waals surface area contributed by atoms with Gasteiger partial charge in [0.15, 0.2) is 5.78 Å². The molecule has 0 aliphatic carbocycles. The summed E-state index contributed by atoms with van der Waals surface area (Å²) in [5.41, 5.74) is 8.11. The van der Waals surface area contributed by atoms with Crippen LogP contribution in [0.25, 0.3) is 10.4 Å². The summed E-state index contributed by atoms with van der Waals surface area (Å²) in [5, 5.41) is 22.4. The Morgan fingerprint density at radius 2 is 2.22 bits per heavy atom. The van der Waals surface area contributed by atoms with Crippen LogP contribution in [0.2, 0.25) is 0 Å². The Balaban J connectivity index is 2.99. The zero-order valence-electron chi connectivity index (χ0n) is 9.62. The van der Waals surface area contributed by atoms with E-state index in [0.29, 0.717) is 0 Å². The van der Waals surface area contributed by atoms with E-state index in [2.05, 4.69) is 10.0 Å². The summed E-state index contributed by atoms with van der Waals surface area (Å²) in [6.45, 7) is 0.884. The molecule has 0 saturated carbocycles. The Kier molecular flexibility index (Phi) is 4.79. The highest BCUT2D eigenvalue weighted by Crippen LogP contribution is 2.20.